The number of anilines is 1. The van der Waals surface area contributed by atoms with Crippen LogP contribution in [-0.4, -0.2) is 31.9 Å². The monoisotopic (exact) mass is 393 g/mol. The van der Waals surface area contributed by atoms with Crippen molar-refractivity contribution in [2.45, 2.75) is 37.0 Å². The van der Waals surface area contributed by atoms with Crippen molar-refractivity contribution in [3.63, 3.8) is 0 Å². The standard InChI is InChI=1S/C15H19F3N3O2PS/c1-14(2)12(19)21-10(6-25(14)23)8-4-7(5-9(16)11(8)17)20-13(22)15(3,18)24/h4-5,10H,6,24H2,1-3H3,(H2,19,21)(H,20,22). The van der Waals surface area contributed by atoms with Gasteiger partial charge in [-0.15, -0.1) is 0 Å². The lowest BCUT2D eigenvalue weighted by molar-refractivity contribution is -0.121. The predicted molar refractivity (Wildman–Crippen MR) is 95.7 cm³/mol. The zero-order valence-electron chi connectivity index (χ0n) is 13.9. The molecule has 0 saturated heterocycles. The number of amidine groups is 1. The molecule has 138 valence electrons. The second-order valence-electron chi connectivity index (χ2n) is 6.44. The summed E-state index contributed by atoms with van der Waals surface area (Å²) in [6, 6.07) is 0.918. The third-order valence-corrected chi connectivity index (χ3v) is 6.14. The number of nitrogens with zero attached hydrogens (tertiary/aromatic N) is 1. The summed E-state index contributed by atoms with van der Waals surface area (Å²) in [5.74, 6) is -3.43. The van der Waals surface area contributed by atoms with Crippen molar-refractivity contribution in [3.8, 4) is 0 Å². The molecule has 0 saturated carbocycles. The average Bonchev–Trinajstić information content (AvgIpc) is 2.47. The van der Waals surface area contributed by atoms with E-state index in [-0.39, 0.29) is 22.8 Å². The molecule has 0 aliphatic carbocycles. The maximum atomic E-state index is 14.2. The van der Waals surface area contributed by atoms with Gasteiger partial charge in [0.2, 0.25) is 0 Å². The molecule has 5 nitrogen and oxygen atoms in total. The summed E-state index contributed by atoms with van der Waals surface area (Å²) in [6.45, 7) is 4.30. The van der Waals surface area contributed by atoms with Crippen molar-refractivity contribution in [3.05, 3.63) is 29.3 Å². The van der Waals surface area contributed by atoms with Crippen LogP contribution in [0.2, 0.25) is 0 Å². The topological polar surface area (TPSA) is 84.5 Å². The van der Waals surface area contributed by atoms with Crippen LogP contribution in [0.4, 0.5) is 18.9 Å². The van der Waals surface area contributed by atoms with E-state index in [1.165, 1.54) is 0 Å². The molecule has 0 fully saturated rings. The van der Waals surface area contributed by atoms with Crippen LogP contribution in [0.15, 0.2) is 17.1 Å². The fourth-order valence-electron chi connectivity index (χ4n) is 2.17. The summed E-state index contributed by atoms with van der Waals surface area (Å²) < 4.78 is 53.2. The first-order valence-electron chi connectivity index (χ1n) is 7.34. The van der Waals surface area contributed by atoms with E-state index in [1.807, 2.05) is 0 Å². The van der Waals surface area contributed by atoms with Gasteiger partial charge in [0.25, 0.3) is 5.91 Å². The van der Waals surface area contributed by atoms with Gasteiger partial charge < -0.3 is 11.1 Å². The predicted octanol–water partition coefficient (Wildman–Crippen LogP) is 2.40. The highest BCUT2D eigenvalue weighted by atomic mass is 32.2. The van der Waals surface area contributed by atoms with E-state index in [0.717, 1.165) is 19.1 Å². The van der Waals surface area contributed by atoms with E-state index in [4.69, 9.17) is 5.73 Å². The Morgan fingerprint density at radius 2 is 2.08 bits per heavy atom. The largest absolute Gasteiger partial charge is 0.386 e. The lowest BCUT2D eigenvalue weighted by Crippen LogP contribution is -2.47. The van der Waals surface area contributed by atoms with Gasteiger partial charge in [0.1, 0.15) is 5.84 Å². The van der Waals surface area contributed by atoms with E-state index in [2.05, 4.69) is 10.3 Å². The minimum atomic E-state index is -2.27. The van der Waals surface area contributed by atoms with Crippen molar-refractivity contribution >= 4 is 37.5 Å². The molecular formula is C15H19F3N3O2PS. The maximum absolute atomic E-state index is 14.2. The molecule has 0 aromatic heterocycles. The molecule has 0 spiro atoms. The fourth-order valence-corrected chi connectivity index (χ4v) is 3.48. The third kappa shape index (κ3) is 4.03. The average molecular weight is 393 g/mol. The van der Waals surface area contributed by atoms with Gasteiger partial charge in [-0.3, -0.25) is 14.0 Å². The Morgan fingerprint density at radius 3 is 2.60 bits per heavy atom. The van der Waals surface area contributed by atoms with Crippen LogP contribution in [0.5, 0.6) is 0 Å². The zero-order chi connectivity index (χ0) is 19.2. The minimum absolute atomic E-state index is 0.0497. The van der Waals surface area contributed by atoms with Gasteiger partial charge in [-0.1, -0.05) is 9.24 Å². The van der Waals surface area contributed by atoms with Crippen LogP contribution < -0.4 is 11.1 Å². The Kier molecular flexibility index (Phi) is 5.31. The van der Waals surface area contributed by atoms with Crippen molar-refractivity contribution in [2.24, 2.45) is 10.7 Å². The Balaban J connectivity index is 2.44. The van der Waals surface area contributed by atoms with Gasteiger partial charge in [-0.05, 0) is 26.8 Å². The molecule has 1 aromatic carbocycles. The van der Waals surface area contributed by atoms with Crippen LogP contribution in [-0.2, 0) is 15.6 Å². The SMILES string of the molecule is CC(F)(P)C(=O)Nc1cc(F)c(F)c(C2CS(=O)C(C)(C)C(N)=N2)c1. The lowest BCUT2D eigenvalue weighted by Gasteiger charge is -2.31. The molecule has 0 radical (unpaired) electrons. The second-order valence-corrected chi connectivity index (χ2v) is 9.57. The Hall–Kier alpha value is -1.47. The fraction of sp³-hybridized carbons (Fsp3) is 0.467. The van der Waals surface area contributed by atoms with E-state index < -0.39 is 44.5 Å². The number of hydrogen-bond donors (Lipinski definition) is 2. The van der Waals surface area contributed by atoms with Gasteiger partial charge >= 0.3 is 0 Å². The van der Waals surface area contributed by atoms with Crippen LogP contribution in [0, 0.1) is 11.6 Å². The number of nitrogens with one attached hydrogen (secondary N) is 1. The Morgan fingerprint density at radius 1 is 1.48 bits per heavy atom. The van der Waals surface area contributed by atoms with E-state index >= 15 is 0 Å². The third-order valence-electron chi connectivity index (χ3n) is 3.91. The van der Waals surface area contributed by atoms with Crippen molar-refractivity contribution in [1.29, 1.82) is 0 Å². The number of amides is 1. The van der Waals surface area contributed by atoms with Gasteiger partial charge in [0.05, 0.1) is 16.5 Å². The van der Waals surface area contributed by atoms with E-state index in [9.17, 15) is 22.2 Å². The summed E-state index contributed by atoms with van der Waals surface area (Å²) >= 11 is 0. The Labute approximate surface area is 148 Å². The highest BCUT2D eigenvalue weighted by Crippen LogP contribution is 2.33. The maximum Gasteiger partial charge on any atom is 0.265 e. The van der Waals surface area contributed by atoms with Gasteiger partial charge in [-0.25, -0.2) is 13.2 Å². The van der Waals surface area contributed by atoms with Crippen LogP contribution in [0.3, 0.4) is 0 Å². The summed E-state index contributed by atoms with van der Waals surface area (Å²) in [4.78, 5) is 15.8. The molecule has 3 N–H and O–H groups in total. The van der Waals surface area contributed by atoms with Gasteiger partial charge in [0, 0.05) is 28.1 Å². The molecule has 2 rings (SSSR count). The summed E-state index contributed by atoms with van der Waals surface area (Å²) in [5.41, 5.74) is 5.48. The van der Waals surface area contributed by atoms with E-state index in [1.54, 1.807) is 23.1 Å². The number of benzene rings is 1. The molecule has 1 aromatic rings. The number of halogens is 3. The lowest BCUT2D eigenvalue weighted by atomic mass is 10.1. The molecule has 25 heavy (non-hydrogen) atoms. The van der Waals surface area contributed by atoms with Crippen molar-refractivity contribution < 1.29 is 22.2 Å². The molecular weight excluding hydrogens is 374 g/mol. The molecule has 0 bridgehead atoms. The summed E-state index contributed by atoms with van der Waals surface area (Å²) in [6.07, 6.45) is 0. The Bertz CT molecular complexity index is 778. The number of aliphatic imine (C=N–C) groups is 1. The number of hydrogen-bond acceptors (Lipinski definition) is 4. The van der Waals surface area contributed by atoms with Crippen LogP contribution in [0.25, 0.3) is 0 Å². The quantitative estimate of drug-likeness (QED) is 0.774. The normalized spacial score (nSPS) is 25.0. The first-order valence-corrected chi connectivity index (χ1v) is 9.24. The molecule has 1 amide bonds. The van der Waals surface area contributed by atoms with Crippen LogP contribution >= 0.6 is 9.24 Å². The molecule has 1 aliphatic rings. The summed E-state index contributed by atoms with van der Waals surface area (Å²) in [7, 11) is 0.251. The first kappa shape index (κ1) is 19.8. The smallest absolute Gasteiger partial charge is 0.265 e. The van der Waals surface area contributed by atoms with E-state index in [0.29, 0.717) is 0 Å². The number of rotatable bonds is 3. The first-order chi connectivity index (χ1) is 11.3. The zero-order valence-corrected chi connectivity index (χ0v) is 15.9. The molecule has 4 unspecified atom stereocenters. The highest BCUT2D eigenvalue weighted by molar-refractivity contribution is 7.87. The van der Waals surface area contributed by atoms with Crippen molar-refractivity contribution in [2.75, 3.05) is 11.1 Å². The van der Waals surface area contributed by atoms with Crippen LogP contribution in [0.1, 0.15) is 32.4 Å². The minimum Gasteiger partial charge on any atom is -0.386 e. The van der Waals surface area contributed by atoms with Crippen molar-refractivity contribution in [1.82, 2.24) is 0 Å². The number of alkyl halides is 1. The molecule has 1 heterocycles. The highest BCUT2D eigenvalue weighted by Gasteiger charge is 2.38. The molecule has 1 aliphatic heterocycles. The number of carbonyl (C=O) groups excluding carboxylic acids is 1. The molecule has 10 heteroatoms. The second kappa shape index (κ2) is 6.68. The number of carbonyl (C=O) groups is 1. The van der Waals surface area contributed by atoms with Gasteiger partial charge in [-0.2, -0.15) is 0 Å². The molecule has 4 atom stereocenters. The van der Waals surface area contributed by atoms with Gasteiger partial charge in [0.15, 0.2) is 17.0 Å². The summed E-state index contributed by atoms with van der Waals surface area (Å²) in [5, 5.41) is -0.103. The number of nitrogens with two attached hydrogens (primary N) is 1.